The maximum absolute atomic E-state index is 11.9. The van der Waals surface area contributed by atoms with Gasteiger partial charge in [0.2, 0.25) is 0 Å². The first-order valence-corrected chi connectivity index (χ1v) is 5.94. The van der Waals surface area contributed by atoms with Crippen LogP contribution in [0.15, 0.2) is 22.8 Å². The number of Topliss-reactive ketones (excluding diaryl/α,β-unsaturated/α-hetero) is 1. The number of fused-ring (bicyclic) bond motifs is 1. The number of ketones is 1. The molecule has 0 aliphatic rings. The fourth-order valence-corrected chi connectivity index (χ4v) is 2.12. The summed E-state index contributed by atoms with van der Waals surface area (Å²) in [6.07, 6.45) is 1.49. The highest BCUT2D eigenvalue weighted by Gasteiger charge is 2.18. The van der Waals surface area contributed by atoms with Crippen LogP contribution in [-0.4, -0.2) is 23.8 Å². The molecule has 1 aromatic heterocycles. The van der Waals surface area contributed by atoms with Crippen LogP contribution >= 0.6 is 12.0 Å². The first-order chi connectivity index (χ1) is 8.15. The molecule has 0 amide bonds. The van der Waals surface area contributed by atoms with Gasteiger partial charge in [-0.15, -0.1) is 0 Å². The minimum absolute atomic E-state index is 0.0181. The summed E-state index contributed by atoms with van der Waals surface area (Å²) >= 11 is 1.05. The van der Waals surface area contributed by atoms with E-state index < -0.39 is 0 Å². The highest BCUT2D eigenvalue weighted by Crippen LogP contribution is 2.33. The highest BCUT2D eigenvalue weighted by atomic mass is 32.2. The van der Waals surface area contributed by atoms with Crippen molar-refractivity contribution in [2.75, 3.05) is 12.9 Å². The van der Waals surface area contributed by atoms with Crippen LogP contribution in [0.4, 0.5) is 0 Å². The Bertz CT molecular complexity index is 559. The van der Waals surface area contributed by atoms with Crippen molar-refractivity contribution in [3.05, 3.63) is 29.5 Å². The van der Waals surface area contributed by atoms with Crippen molar-refractivity contribution in [2.45, 2.75) is 6.92 Å². The fraction of sp³-hybridized carbons (Fsp3) is 0.250. The van der Waals surface area contributed by atoms with Crippen LogP contribution in [0.3, 0.4) is 0 Å². The number of rotatable bonds is 4. The lowest BCUT2D eigenvalue weighted by molar-refractivity contribution is 0.101. The van der Waals surface area contributed by atoms with Crippen molar-refractivity contribution < 1.29 is 18.5 Å². The summed E-state index contributed by atoms with van der Waals surface area (Å²) in [5, 5.41) is 10.6. The molecule has 1 heterocycles. The summed E-state index contributed by atoms with van der Waals surface area (Å²) in [6, 6.07) is 3.39. The van der Waals surface area contributed by atoms with Gasteiger partial charge < -0.3 is 13.7 Å². The minimum Gasteiger partial charge on any atom is -0.506 e. The lowest BCUT2D eigenvalue weighted by Gasteiger charge is -2.07. The van der Waals surface area contributed by atoms with Crippen LogP contribution in [0.2, 0.25) is 0 Å². The predicted octanol–water partition coefficient (Wildman–Crippen LogP) is 2.92. The molecular weight excluding hydrogens is 240 g/mol. The lowest BCUT2D eigenvalue weighted by atomic mass is 10.0. The topological polar surface area (TPSA) is 59.7 Å². The molecular formula is C12H12O4S. The Kier molecular flexibility index (Phi) is 3.40. The number of hydrogen-bond acceptors (Lipinski definition) is 5. The van der Waals surface area contributed by atoms with E-state index in [1.165, 1.54) is 13.4 Å². The molecule has 0 radical (unpaired) electrons. The molecule has 17 heavy (non-hydrogen) atoms. The number of hydrogen-bond donors (Lipinski definition) is 1. The monoisotopic (exact) mass is 252 g/mol. The standard InChI is InChI=1S/C12H12O4S/c1-7-5-10-8(3-4-16-10)12(14)11(7)9(13)6-17-15-2/h3-5,14H,6H2,1-2H3. The third-order valence-corrected chi connectivity index (χ3v) is 3.13. The SMILES string of the molecule is COSCC(=O)c1c(C)cc2occc2c1O. The fourth-order valence-electron chi connectivity index (χ4n) is 1.76. The third kappa shape index (κ3) is 2.16. The van der Waals surface area contributed by atoms with Crippen molar-refractivity contribution in [3.63, 3.8) is 0 Å². The second-order valence-electron chi connectivity index (χ2n) is 3.60. The van der Waals surface area contributed by atoms with Gasteiger partial charge in [-0.1, -0.05) is 0 Å². The van der Waals surface area contributed by atoms with Crippen molar-refractivity contribution in [1.29, 1.82) is 0 Å². The Morgan fingerprint density at radius 2 is 2.35 bits per heavy atom. The van der Waals surface area contributed by atoms with Crippen molar-refractivity contribution >= 4 is 28.8 Å². The van der Waals surface area contributed by atoms with E-state index in [-0.39, 0.29) is 17.3 Å². The van der Waals surface area contributed by atoms with E-state index in [2.05, 4.69) is 0 Å². The Morgan fingerprint density at radius 1 is 1.59 bits per heavy atom. The molecule has 5 heteroatoms. The molecule has 0 saturated carbocycles. The van der Waals surface area contributed by atoms with Gasteiger partial charge in [0, 0.05) is 0 Å². The van der Waals surface area contributed by atoms with Gasteiger partial charge >= 0.3 is 0 Å². The molecule has 0 aliphatic heterocycles. The van der Waals surface area contributed by atoms with Gasteiger partial charge in [-0.2, -0.15) is 0 Å². The zero-order valence-corrected chi connectivity index (χ0v) is 10.3. The first kappa shape index (κ1) is 12.0. The maximum Gasteiger partial charge on any atom is 0.179 e. The van der Waals surface area contributed by atoms with Gasteiger partial charge in [-0.3, -0.25) is 4.79 Å². The van der Waals surface area contributed by atoms with Crippen LogP contribution in [0.25, 0.3) is 11.0 Å². The summed E-state index contributed by atoms with van der Waals surface area (Å²) in [5.41, 5.74) is 1.62. The number of benzene rings is 1. The van der Waals surface area contributed by atoms with Crippen LogP contribution < -0.4 is 0 Å². The molecule has 4 nitrogen and oxygen atoms in total. The van der Waals surface area contributed by atoms with E-state index in [1.807, 2.05) is 0 Å². The molecule has 0 bridgehead atoms. The van der Waals surface area contributed by atoms with Gasteiger partial charge in [0.05, 0.1) is 30.1 Å². The van der Waals surface area contributed by atoms with Crippen LogP contribution in [0.5, 0.6) is 5.75 Å². The Hall–Kier alpha value is -1.46. The predicted molar refractivity (Wildman–Crippen MR) is 66.4 cm³/mol. The summed E-state index contributed by atoms with van der Waals surface area (Å²) in [5.74, 6) is -0.000693. The molecule has 0 atom stereocenters. The molecule has 2 rings (SSSR count). The highest BCUT2D eigenvalue weighted by molar-refractivity contribution is 7.95. The largest absolute Gasteiger partial charge is 0.506 e. The third-order valence-electron chi connectivity index (χ3n) is 2.52. The minimum atomic E-state index is -0.157. The summed E-state index contributed by atoms with van der Waals surface area (Å²) < 4.78 is 9.98. The Labute approximate surface area is 103 Å². The molecule has 0 aliphatic carbocycles. The molecule has 1 aromatic carbocycles. The number of furan rings is 1. The Balaban J connectivity index is 2.48. The van der Waals surface area contributed by atoms with Gasteiger partial charge in [-0.05, 0) is 36.7 Å². The zero-order valence-electron chi connectivity index (χ0n) is 9.52. The van der Waals surface area contributed by atoms with Gasteiger partial charge in [-0.25, -0.2) is 0 Å². The van der Waals surface area contributed by atoms with E-state index in [4.69, 9.17) is 8.60 Å². The normalized spacial score (nSPS) is 10.9. The van der Waals surface area contributed by atoms with Gasteiger partial charge in [0.1, 0.15) is 11.3 Å². The number of aryl methyl sites for hydroxylation is 1. The smallest absolute Gasteiger partial charge is 0.179 e. The molecule has 1 N–H and O–H groups in total. The quantitative estimate of drug-likeness (QED) is 0.669. The molecule has 0 unspecified atom stereocenters. The number of carbonyl (C=O) groups excluding carboxylic acids is 1. The second-order valence-corrected chi connectivity index (χ2v) is 4.46. The van der Waals surface area contributed by atoms with Crippen molar-refractivity contribution in [2.24, 2.45) is 0 Å². The van der Waals surface area contributed by atoms with E-state index in [0.29, 0.717) is 22.1 Å². The van der Waals surface area contributed by atoms with E-state index in [0.717, 1.165) is 12.0 Å². The molecule has 90 valence electrons. The molecule has 2 aromatic rings. The Morgan fingerprint density at radius 3 is 3.06 bits per heavy atom. The number of phenolic OH excluding ortho intramolecular Hbond substituents is 1. The van der Waals surface area contributed by atoms with Crippen molar-refractivity contribution in [1.82, 2.24) is 0 Å². The summed E-state index contributed by atoms with van der Waals surface area (Å²) in [4.78, 5) is 11.9. The molecule has 0 saturated heterocycles. The maximum atomic E-state index is 11.9. The molecule has 0 spiro atoms. The van der Waals surface area contributed by atoms with E-state index in [9.17, 15) is 9.90 Å². The number of aromatic hydroxyl groups is 1. The second kappa shape index (κ2) is 4.81. The average molecular weight is 252 g/mol. The van der Waals surface area contributed by atoms with Gasteiger partial charge in [0.15, 0.2) is 5.78 Å². The lowest BCUT2D eigenvalue weighted by Crippen LogP contribution is -2.05. The molecule has 0 fully saturated rings. The number of phenols is 1. The number of carbonyl (C=O) groups is 1. The summed E-state index contributed by atoms with van der Waals surface area (Å²) in [7, 11) is 1.50. The van der Waals surface area contributed by atoms with Crippen LogP contribution in [-0.2, 0) is 4.18 Å². The average Bonchev–Trinajstić information content (AvgIpc) is 2.74. The van der Waals surface area contributed by atoms with Crippen LogP contribution in [0, 0.1) is 6.92 Å². The zero-order chi connectivity index (χ0) is 12.4. The van der Waals surface area contributed by atoms with E-state index >= 15 is 0 Å². The first-order valence-electron chi connectivity index (χ1n) is 5.03. The van der Waals surface area contributed by atoms with Gasteiger partial charge in [0.25, 0.3) is 0 Å². The van der Waals surface area contributed by atoms with Crippen LogP contribution in [0.1, 0.15) is 15.9 Å². The van der Waals surface area contributed by atoms with E-state index in [1.54, 1.807) is 19.1 Å². The summed E-state index contributed by atoms with van der Waals surface area (Å²) in [6.45, 7) is 1.77. The van der Waals surface area contributed by atoms with Crippen molar-refractivity contribution in [3.8, 4) is 5.75 Å².